The highest BCUT2D eigenvalue weighted by Crippen LogP contribution is 2.27. The van der Waals surface area contributed by atoms with Crippen molar-refractivity contribution in [2.24, 2.45) is 7.05 Å². The van der Waals surface area contributed by atoms with E-state index in [-0.39, 0.29) is 5.31 Å². The van der Waals surface area contributed by atoms with Gasteiger partial charge in [0.2, 0.25) is 5.95 Å². The molecule has 4 heteroatoms. The number of nitrogens with zero attached hydrogens (tertiary/aromatic N) is 2. The van der Waals surface area contributed by atoms with E-state index in [1.807, 2.05) is 27.9 Å². The van der Waals surface area contributed by atoms with Gasteiger partial charge >= 0.3 is 0 Å². The largest absolute Gasteiger partial charge is 0.359 e. The van der Waals surface area contributed by atoms with Crippen molar-refractivity contribution in [1.29, 1.82) is 0 Å². The second-order valence-electron chi connectivity index (χ2n) is 4.66. The molecule has 0 spiro atoms. The van der Waals surface area contributed by atoms with Crippen LogP contribution in [0.25, 0.3) is 0 Å². The Balaban J connectivity index is 3.07. The van der Waals surface area contributed by atoms with Gasteiger partial charge in [-0.3, -0.25) is 0 Å². The number of rotatable bonds is 4. The first-order valence-electron chi connectivity index (χ1n) is 5.40. The van der Waals surface area contributed by atoms with Gasteiger partial charge in [-0.1, -0.05) is 26.1 Å². The third kappa shape index (κ3) is 2.77. The van der Waals surface area contributed by atoms with Gasteiger partial charge in [0.25, 0.3) is 0 Å². The summed E-state index contributed by atoms with van der Waals surface area (Å²) in [5.41, 5.74) is 2.37. The summed E-state index contributed by atoms with van der Waals surface area (Å²) < 4.78 is 2.10. The molecular formula is C11H20BN3. The van der Waals surface area contributed by atoms with Crippen LogP contribution in [0.15, 0.2) is 0 Å². The Morgan fingerprint density at radius 2 is 2.07 bits per heavy atom. The van der Waals surface area contributed by atoms with E-state index < -0.39 is 0 Å². The van der Waals surface area contributed by atoms with E-state index in [2.05, 4.69) is 21.8 Å². The van der Waals surface area contributed by atoms with Crippen molar-refractivity contribution in [2.45, 2.75) is 38.9 Å². The molecule has 3 nitrogen and oxygen atoms in total. The Labute approximate surface area is 93.7 Å². The molecular weight excluding hydrogens is 185 g/mol. The van der Waals surface area contributed by atoms with Gasteiger partial charge in [0.05, 0.1) is 13.5 Å². The molecule has 2 radical (unpaired) electrons. The van der Waals surface area contributed by atoms with Crippen molar-refractivity contribution in [1.82, 2.24) is 9.55 Å². The van der Waals surface area contributed by atoms with Crippen molar-refractivity contribution in [3.05, 3.63) is 11.4 Å². The monoisotopic (exact) mass is 205 g/mol. The van der Waals surface area contributed by atoms with Crippen LogP contribution in [0.5, 0.6) is 0 Å². The van der Waals surface area contributed by atoms with Crippen LogP contribution in [0.3, 0.4) is 0 Å². The van der Waals surface area contributed by atoms with E-state index in [0.29, 0.717) is 0 Å². The highest BCUT2D eigenvalue weighted by molar-refractivity contribution is 6.14. The minimum absolute atomic E-state index is 0.205. The molecule has 0 fully saturated rings. The van der Waals surface area contributed by atoms with Crippen molar-refractivity contribution >= 4 is 13.8 Å². The summed E-state index contributed by atoms with van der Waals surface area (Å²) in [6, 6.07) is 0. The molecule has 0 saturated carbocycles. The molecule has 1 N–H and O–H groups in total. The van der Waals surface area contributed by atoms with Crippen molar-refractivity contribution < 1.29 is 0 Å². The molecule has 0 unspecified atom stereocenters. The fraction of sp³-hybridized carbons (Fsp3) is 0.727. The van der Waals surface area contributed by atoms with E-state index >= 15 is 0 Å². The molecule has 0 aliphatic carbocycles. The summed E-state index contributed by atoms with van der Waals surface area (Å²) in [4.78, 5) is 4.56. The molecule has 15 heavy (non-hydrogen) atoms. The van der Waals surface area contributed by atoms with E-state index in [1.165, 1.54) is 5.69 Å². The molecule has 1 heterocycles. The number of anilines is 1. The van der Waals surface area contributed by atoms with E-state index in [9.17, 15) is 0 Å². The van der Waals surface area contributed by atoms with Crippen LogP contribution < -0.4 is 5.32 Å². The summed E-state index contributed by atoms with van der Waals surface area (Å²) in [7, 11) is 9.94. The average molecular weight is 205 g/mol. The zero-order chi connectivity index (χ0) is 11.6. The standard InChI is InChI=1S/C11H20BN3/c1-6-9-8(7-11(2,3)12)14-10(13-4)15(9)5/h6-7H2,1-5H3,(H,13,14). The van der Waals surface area contributed by atoms with Crippen LogP contribution in [0.1, 0.15) is 32.2 Å². The maximum Gasteiger partial charge on any atom is 0.202 e. The van der Waals surface area contributed by atoms with Crippen molar-refractivity contribution in [3.8, 4) is 0 Å². The molecule has 1 rings (SSSR count). The summed E-state index contributed by atoms with van der Waals surface area (Å²) in [5, 5.41) is 2.88. The van der Waals surface area contributed by atoms with Gasteiger partial charge in [0.15, 0.2) is 0 Å². The molecule has 0 aliphatic heterocycles. The molecule has 0 atom stereocenters. The van der Waals surface area contributed by atoms with Crippen LogP contribution in [-0.4, -0.2) is 24.4 Å². The summed E-state index contributed by atoms with van der Waals surface area (Å²) >= 11 is 0. The SMILES string of the molecule is [B]C(C)(C)Cc1nc(NC)n(C)c1CC. The fourth-order valence-corrected chi connectivity index (χ4v) is 1.83. The topological polar surface area (TPSA) is 29.9 Å². The van der Waals surface area contributed by atoms with E-state index in [0.717, 1.165) is 24.5 Å². The number of imidazole rings is 1. The number of nitrogens with one attached hydrogen (secondary N) is 1. The molecule has 0 saturated heterocycles. The zero-order valence-corrected chi connectivity index (χ0v) is 10.4. The lowest BCUT2D eigenvalue weighted by Gasteiger charge is -2.17. The lowest BCUT2D eigenvalue weighted by Crippen LogP contribution is -2.09. The molecule has 1 aromatic rings. The lowest BCUT2D eigenvalue weighted by molar-refractivity contribution is 0.657. The lowest BCUT2D eigenvalue weighted by atomic mass is 9.69. The van der Waals surface area contributed by atoms with Crippen molar-refractivity contribution in [3.63, 3.8) is 0 Å². The minimum atomic E-state index is -0.205. The molecule has 0 aliphatic rings. The summed E-state index contributed by atoms with van der Waals surface area (Å²) in [6.07, 6.45) is 1.79. The molecule has 1 aromatic heterocycles. The highest BCUT2D eigenvalue weighted by atomic mass is 15.2. The predicted octanol–water partition coefficient (Wildman–Crippen LogP) is 1.93. The van der Waals surface area contributed by atoms with Gasteiger partial charge in [-0.05, 0) is 12.8 Å². The molecule has 0 aromatic carbocycles. The van der Waals surface area contributed by atoms with Gasteiger partial charge in [0.1, 0.15) is 0 Å². The predicted molar refractivity (Wildman–Crippen MR) is 65.6 cm³/mol. The second-order valence-corrected chi connectivity index (χ2v) is 4.66. The van der Waals surface area contributed by atoms with E-state index in [4.69, 9.17) is 7.85 Å². The van der Waals surface area contributed by atoms with Crippen molar-refractivity contribution in [2.75, 3.05) is 12.4 Å². The van der Waals surface area contributed by atoms with Gasteiger partial charge in [-0.15, -0.1) is 0 Å². The third-order valence-corrected chi connectivity index (χ3v) is 2.48. The maximum atomic E-state index is 6.02. The van der Waals surface area contributed by atoms with Crippen LogP contribution in [0.4, 0.5) is 5.95 Å². The Morgan fingerprint density at radius 1 is 1.47 bits per heavy atom. The first kappa shape index (κ1) is 12.1. The van der Waals surface area contributed by atoms with Gasteiger partial charge in [0, 0.05) is 19.8 Å². The minimum Gasteiger partial charge on any atom is -0.359 e. The quantitative estimate of drug-likeness (QED) is 0.761. The fourth-order valence-electron chi connectivity index (χ4n) is 1.83. The maximum absolute atomic E-state index is 6.02. The second kappa shape index (κ2) is 4.29. The first-order valence-corrected chi connectivity index (χ1v) is 5.40. The van der Waals surface area contributed by atoms with E-state index in [1.54, 1.807) is 0 Å². The van der Waals surface area contributed by atoms with Crippen LogP contribution >= 0.6 is 0 Å². The molecule has 82 valence electrons. The van der Waals surface area contributed by atoms with Crippen LogP contribution in [0.2, 0.25) is 5.31 Å². The van der Waals surface area contributed by atoms with Crippen LogP contribution in [0, 0.1) is 0 Å². The zero-order valence-electron chi connectivity index (χ0n) is 10.4. The van der Waals surface area contributed by atoms with Gasteiger partial charge in [-0.2, -0.15) is 0 Å². The summed E-state index contributed by atoms with van der Waals surface area (Å²) in [5.74, 6) is 0.908. The van der Waals surface area contributed by atoms with Gasteiger partial charge in [-0.25, -0.2) is 4.98 Å². The Hall–Kier alpha value is -0.925. The number of hydrogen-bond acceptors (Lipinski definition) is 2. The Morgan fingerprint density at radius 3 is 2.47 bits per heavy atom. The Kier molecular flexibility index (Phi) is 3.48. The highest BCUT2D eigenvalue weighted by Gasteiger charge is 2.18. The summed E-state index contributed by atoms with van der Waals surface area (Å²) in [6.45, 7) is 6.20. The Bertz CT molecular complexity index is 336. The molecule has 0 bridgehead atoms. The third-order valence-electron chi connectivity index (χ3n) is 2.48. The average Bonchev–Trinajstić information content (AvgIpc) is 2.39. The number of aromatic nitrogens is 2. The number of hydrogen-bond donors (Lipinski definition) is 1. The first-order chi connectivity index (χ1) is 6.89. The smallest absolute Gasteiger partial charge is 0.202 e. The molecule has 0 amide bonds. The van der Waals surface area contributed by atoms with Gasteiger partial charge < -0.3 is 9.88 Å². The normalized spacial score (nSPS) is 11.8. The van der Waals surface area contributed by atoms with Crippen LogP contribution in [-0.2, 0) is 19.9 Å².